The van der Waals surface area contributed by atoms with Gasteiger partial charge in [-0.3, -0.25) is 14.5 Å². The van der Waals surface area contributed by atoms with Gasteiger partial charge in [0.2, 0.25) is 11.8 Å². The molecular weight excluding hydrogens is 342 g/mol. The zero-order valence-corrected chi connectivity index (χ0v) is 16.3. The van der Waals surface area contributed by atoms with E-state index in [0.29, 0.717) is 18.0 Å². The highest BCUT2D eigenvalue weighted by Gasteiger charge is 2.14. The molecule has 0 fully saturated rings. The van der Waals surface area contributed by atoms with Crippen molar-refractivity contribution in [2.75, 3.05) is 37.4 Å². The number of benzene rings is 2. The van der Waals surface area contributed by atoms with Gasteiger partial charge in [-0.2, -0.15) is 0 Å². The van der Waals surface area contributed by atoms with Crippen molar-refractivity contribution in [2.24, 2.45) is 0 Å². The lowest BCUT2D eigenvalue weighted by molar-refractivity contribution is -0.119. The van der Waals surface area contributed by atoms with Crippen LogP contribution in [0.1, 0.15) is 18.1 Å². The number of carbonyl (C=O) groups excluding carboxylic acids is 2. The molecule has 0 aromatic heterocycles. The lowest BCUT2D eigenvalue weighted by Gasteiger charge is -2.19. The van der Waals surface area contributed by atoms with Gasteiger partial charge in [0, 0.05) is 17.4 Å². The van der Waals surface area contributed by atoms with E-state index in [1.807, 2.05) is 45.0 Å². The first kappa shape index (κ1) is 20.5. The van der Waals surface area contributed by atoms with Crippen LogP contribution in [0.15, 0.2) is 42.5 Å². The molecule has 0 atom stereocenters. The smallest absolute Gasteiger partial charge is 0.238 e. The quantitative estimate of drug-likeness (QED) is 0.750. The largest absolute Gasteiger partial charge is 0.497 e. The van der Waals surface area contributed by atoms with Gasteiger partial charge in [0.15, 0.2) is 0 Å². The van der Waals surface area contributed by atoms with Crippen molar-refractivity contribution in [3.63, 3.8) is 0 Å². The first-order valence-electron chi connectivity index (χ1n) is 8.94. The fourth-order valence-corrected chi connectivity index (χ4v) is 2.83. The van der Waals surface area contributed by atoms with Gasteiger partial charge in [0.1, 0.15) is 5.75 Å². The fourth-order valence-electron chi connectivity index (χ4n) is 2.83. The number of nitrogens with one attached hydrogen (secondary N) is 2. The maximum atomic E-state index is 12.3. The van der Waals surface area contributed by atoms with E-state index in [1.54, 1.807) is 24.1 Å². The molecule has 2 aromatic rings. The van der Waals surface area contributed by atoms with E-state index in [0.717, 1.165) is 16.8 Å². The molecule has 2 rings (SSSR count). The van der Waals surface area contributed by atoms with Gasteiger partial charge in [0.05, 0.1) is 20.2 Å². The Labute approximate surface area is 160 Å². The van der Waals surface area contributed by atoms with Gasteiger partial charge < -0.3 is 15.4 Å². The van der Waals surface area contributed by atoms with E-state index < -0.39 is 0 Å². The molecule has 2 amide bonds. The average molecular weight is 369 g/mol. The van der Waals surface area contributed by atoms with Crippen LogP contribution in [0.4, 0.5) is 11.4 Å². The van der Waals surface area contributed by atoms with Gasteiger partial charge in [-0.05, 0) is 55.8 Å². The highest BCUT2D eigenvalue weighted by atomic mass is 16.5. The molecule has 0 unspecified atom stereocenters. The maximum absolute atomic E-state index is 12.3. The number of likely N-dealkylation sites (N-methyl/N-ethyl adjacent to an activating group) is 1. The Bertz CT molecular complexity index is 785. The third kappa shape index (κ3) is 6.75. The summed E-state index contributed by atoms with van der Waals surface area (Å²) in [6.45, 7) is 6.77. The Morgan fingerprint density at radius 3 is 2.07 bits per heavy atom. The van der Waals surface area contributed by atoms with Crippen LogP contribution in [0.25, 0.3) is 0 Å². The van der Waals surface area contributed by atoms with Gasteiger partial charge in [-0.1, -0.05) is 19.1 Å². The first-order valence-corrected chi connectivity index (χ1v) is 8.94. The van der Waals surface area contributed by atoms with E-state index in [9.17, 15) is 9.59 Å². The molecule has 2 N–H and O–H groups in total. The molecule has 0 spiro atoms. The molecule has 0 saturated heterocycles. The molecular formula is C21H27N3O3. The summed E-state index contributed by atoms with van der Waals surface area (Å²) in [5, 5.41) is 5.72. The van der Waals surface area contributed by atoms with Crippen LogP contribution in [0.2, 0.25) is 0 Å². The Morgan fingerprint density at radius 2 is 1.52 bits per heavy atom. The number of aryl methyl sites for hydroxylation is 2. The second-order valence-corrected chi connectivity index (χ2v) is 6.51. The Morgan fingerprint density at radius 1 is 0.926 bits per heavy atom. The van der Waals surface area contributed by atoms with Crippen LogP contribution < -0.4 is 15.4 Å². The third-order valence-corrected chi connectivity index (χ3v) is 4.04. The van der Waals surface area contributed by atoms with Crippen LogP contribution >= 0.6 is 0 Å². The van der Waals surface area contributed by atoms with E-state index in [-0.39, 0.29) is 24.9 Å². The van der Waals surface area contributed by atoms with Crippen LogP contribution in [-0.4, -0.2) is 43.5 Å². The number of methoxy groups -OCH3 is 1. The van der Waals surface area contributed by atoms with E-state index in [2.05, 4.69) is 16.7 Å². The molecule has 0 aliphatic rings. The van der Waals surface area contributed by atoms with Crippen LogP contribution in [0, 0.1) is 13.8 Å². The minimum absolute atomic E-state index is 0.133. The number of hydrogen-bond donors (Lipinski definition) is 2. The molecule has 0 saturated carbocycles. The Kier molecular flexibility index (Phi) is 7.37. The zero-order chi connectivity index (χ0) is 19.8. The minimum atomic E-state index is -0.177. The lowest BCUT2D eigenvalue weighted by Crippen LogP contribution is -2.38. The van der Waals surface area contributed by atoms with Gasteiger partial charge >= 0.3 is 0 Å². The normalized spacial score (nSPS) is 10.6. The SMILES string of the molecule is CCN(CC(=O)Nc1cc(C)cc(C)c1)CC(=O)Nc1cccc(OC)c1. The first-order chi connectivity index (χ1) is 12.9. The van der Waals surface area contributed by atoms with Crippen LogP contribution in [0.3, 0.4) is 0 Å². The number of hydrogen-bond acceptors (Lipinski definition) is 4. The highest BCUT2D eigenvalue weighted by Crippen LogP contribution is 2.17. The Balaban J connectivity index is 1.89. The van der Waals surface area contributed by atoms with Gasteiger partial charge in [-0.15, -0.1) is 0 Å². The van der Waals surface area contributed by atoms with Crippen molar-refractivity contribution in [3.05, 3.63) is 53.6 Å². The number of nitrogens with zero attached hydrogens (tertiary/aromatic N) is 1. The van der Waals surface area contributed by atoms with E-state index in [1.165, 1.54) is 0 Å². The van der Waals surface area contributed by atoms with Gasteiger partial charge in [-0.25, -0.2) is 0 Å². The number of anilines is 2. The summed E-state index contributed by atoms with van der Waals surface area (Å²) in [6, 6.07) is 13.1. The maximum Gasteiger partial charge on any atom is 0.238 e. The number of ether oxygens (including phenoxy) is 1. The molecule has 0 aliphatic carbocycles. The summed E-state index contributed by atoms with van der Waals surface area (Å²) < 4.78 is 5.15. The predicted molar refractivity (Wildman–Crippen MR) is 108 cm³/mol. The number of rotatable bonds is 8. The Hall–Kier alpha value is -2.86. The van der Waals surface area contributed by atoms with Crippen molar-refractivity contribution in [1.82, 2.24) is 4.90 Å². The lowest BCUT2D eigenvalue weighted by atomic mass is 10.1. The molecule has 0 heterocycles. The number of amides is 2. The van der Waals surface area contributed by atoms with Crippen molar-refractivity contribution in [1.29, 1.82) is 0 Å². The molecule has 0 bridgehead atoms. The summed E-state index contributed by atoms with van der Waals surface area (Å²) in [5.41, 5.74) is 3.62. The summed E-state index contributed by atoms with van der Waals surface area (Å²) in [5.74, 6) is 0.355. The highest BCUT2D eigenvalue weighted by molar-refractivity contribution is 5.94. The zero-order valence-electron chi connectivity index (χ0n) is 16.3. The molecule has 2 aromatic carbocycles. The standard InChI is InChI=1S/C21H27N3O3/c1-5-24(13-20(25)22-17-7-6-8-19(12-17)27-4)14-21(26)23-18-10-15(2)9-16(3)11-18/h6-12H,5,13-14H2,1-4H3,(H,22,25)(H,23,26). The van der Waals surface area contributed by atoms with Crippen molar-refractivity contribution in [2.45, 2.75) is 20.8 Å². The second kappa shape index (κ2) is 9.73. The molecule has 27 heavy (non-hydrogen) atoms. The van der Waals surface area contributed by atoms with Gasteiger partial charge in [0.25, 0.3) is 0 Å². The predicted octanol–water partition coefficient (Wildman–Crippen LogP) is 3.21. The summed E-state index contributed by atoms with van der Waals surface area (Å²) in [7, 11) is 1.58. The van der Waals surface area contributed by atoms with Crippen molar-refractivity contribution < 1.29 is 14.3 Å². The minimum Gasteiger partial charge on any atom is -0.497 e. The summed E-state index contributed by atoms with van der Waals surface area (Å²) in [4.78, 5) is 26.4. The van der Waals surface area contributed by atoms with Crippen LogP contribution in [-0.2, 0) is 9.59 Å². The van der Waals surface area contributed by atoms with E-state index >= 15 is 0 Å². The van der Waals surface area contributed by atoms with Crippen molar-refractivity contribution in [3.8, 4) is 5.75 Å². The summed E-state index contributed by atoms with van der Waals surface area (Å²) in [6.07, 6.45) is 0. The molecule has 0 aliphatic heterocycles. The third-order valence-electron chi connectivity index (χ3n) is 4.04. The average Bonchev–Trinajstić information content (AvgIpc) is 2.60. The number of carbonyl (C=O) groups is 2. The molecule has 0 radical (unpaired) electrons. The molecule has 144 valence electrons. The van der Waals surface area contributed by atoms with E-state index in [4.69, 9.17) is 4.74 Å². The van der Waals surface area contributed by atoms with Crippen molar-refractivity contribution >= 4 is 23.2 Å². The second-order valence-electron chi connectivity index (χ2n) is 6.51. The molecule has 6 nitrogen and oxygen atoms in total. The molecule has 6 heteroatoms. The fraction of sp³-hybridized carbons (Fsp3) is 0.333. The van der Waals surface area contributed by atoms with Crippen LogP contribution in [0.5, 0.6) is 5.75 Å². The monoisotopic (exact) mass is 369 g/mol. The summed E-state index contributed by atoms with van der Waals surface area (Å²) >= 11 is 0. The topological polar surface area (TPSA) is 70.7 Å².